The van der Waals surface area contributed by atoms with Crippen molar-refractivity contribution in [3.8, 4) is 0 Å². The Balaban J connectivity index is 2.59. The molecule has 2 rings (SSSR count). The number of rotatable bonds is 4. The number of benzene rings is 2. The Morgan fingerprint density at radius 2 is 1.52 bits per heavy atom. The summed E-state index contributed by atoms with van der Waals surface area (Å²) >= 11 is 27.0. The van der Waals surface area contributed by atoms with Gasteiger partial charge in [-0.3, -0.25) is 15.2 Å². The molecule has 0 fully saturated rings. The van der Waals surface area contributed by atoms with Gasteiger partial charge in [0.25, 0.3) is 5.91 Å². The van der Waals surface area contributed by atoms with Gasteiger partial charge in [0.2, 0.25) is 0 Å². The molecule has 0 atom stereocenters. The molecule has 0 aliphatic rings. The molecular weight excluding hydrogens is 510 g/mol. The minimum Gasteiger partial charge on any atom is -0.478 e. The second-order valence-electron chi connectivity index (χ2n) is 5.17. The standard InChI is InChI=1S/C15H9BrCl4N2O5/c1-4-2-5(22(26)27)3-6(16)13(4)21-14(23)7-8(15(24)25)10(18)12(20)11(19)9(7)17/h2-3,26-27H,1H3,(H,21,23)(H,24,25). The Bertz CT molecular complexity index is 945. The van der Waals surface area contributed by atoms with Crippen molar-refractivity contribution in [2.45, 2.75) is 6.92 Å². The number of carboxylic acids is 1. The summed E-state index contributed by atoms with van der Waals surface area (Å²) < 4.78 is 0.290. The number of nitrogens with zero attached hydrogens (tertiary/aromatic N) is 1. The van der Waals surface area contributed by atoms with E-state index in [0.717, 1.165) is 0 Å². The zero-order chi connectivity index (χ0) is 20.6. The maximum atomic E-state index is 12.7. The average Bonchev–Trinajstić information content (AvgIpc) is 2.58. The Morgan fingerprint density at radius 3 is 1.96 bits per heavy atom. The van der Waals surface area contributed by atoms with E-state index in [4.69, 9.17) is 56.8 Å². The molecule has 12 heteroatoms. The lowest BCUT2D eigenvalue weighted by molar-refractivity contribution is 0.0291. The van der Waals surface area contributed by atoms with Crippen LogP contribution >= 0.6 is 62.3 Å². The fourth-order valence-electron chi connectivity index (χ4n) is 2.22. The molecule has 0 radical (unpaired) electrons. The van der Waals surface area contributed by atoms with Crippen LogP contribution in [0.4, 0.5) is 11.4 Å². The van der Waals surface area contributed by atoms with Crippen LogP contribution in [0.15, 0.2) is 16.6 Å². The highest BCUT2D eigenvalue weighted by Crippen LogP contribution is 2.42. The lowest BCUT2D eigenvalue weighted by Crippen LogP contribution is -2.19. The molecule has 0 unspecified atom stereocenters. The first-order valence-corrected chi connectivity index (χ1v) is 9.16. The molecule has 0 bridgehead atoms. The van der Waals surface area contributed by atoms with E-state index in [1.54, 1.807) is 6.92 Å². The number of halogens is 5. The third-order valence-corrected chi connectivity index (χ3v) is 5.88. The number of nitrogens with one attached hydrogen (secondary N) is 1. The van der Waals surface area contributed by atoms with Crippen LogP contribution in [0, 0.1) is 6.92 Å². The molecule has 0 saturated heterocycles. The second-order valence-corrected chi connectivity index (χ2v) is 7.54. The van der Waals surface area contributed by atoms with Gasteiger partial charge in [-0.05, 0) is 40.5 Å². The molecule has 0 saturated carbocycles. The molecule has 1 amide bonds. The Labute approximate surface area is 181 Å². The minimum absolute atomic E-state index is 0.0270. The Hall–Kier alpha value is -1.26. The lowest BCUT2D eigenvalue weighted by Gasteiger charge is -2.17. The first-order chi connectivity index (χ1) is 12.5. The highest BCUT2D eigenvalue weighted by molar-refractivity contribution is 9.10. The fraction of sp³-hybridized carbons (Fsp3) is 0.0667. The van der Waals surface area contributed by atoms with Gasteiger partial charge in [0.05, 0.1) is 42.6 Å². The maximum Gasteiger partial charge on any atom is 0.338 e. The number of anilines is 2. The molecular formula is C15H9BrCl4N2O5. The van der Waals surface area contributed by atoms with Gasteiger partial charge in [-0.15, -0.1) is 5.23 Å². The van der Waals surface area contributed by atoms with Crippen LogP contribution in [-0.4, -0.2) is 27.4 Å². The minimum atomic E-state index is -1.52. The Morgan fingerprint density at radius 1 is 1.00 bits per heavy atom. The van der Waals surface area contributed by atoms with E-state index in [-0.39, 0.29) is 36.1 Å². The first-order valence-electron chi connectivity index (χ1n) is 6.86. The molecule has 0 spiro atoms. The van der Waals surface area contributed by atoms with Crippen LogP contribution < -0.4 is 10.5 Å². The second kappa shape index (κ2) is 8.40. The van der Waals surface area contributed by atoms with Crippen molar-refractivity contribution >= 4 is 85.6 Å². The topological polar surface area (TPSA) is 110 Å². The summed E-state index contributed by atoms with van der Waals surface area (Å²) in [6.45, 7) is 1.58. The normalized spacial score (nSPS) is 10.7. The third kappa shape index (κ3) is 4.27. The Kier molecular flexibility index (Phi) is 6.86. The number of hydrogen-bond acceptors (Lipinski definition) is 5. The number of carboxylic acid groups (broad SMARTS) is 1. The maximum absolute atomic E-state index is 12.7. The van der Waals surface area contributed by atoms with Gasteiger partial charge in [-0.2, -0.15) is 0 Å². The van der Waals surface area contributed by atoms with Crippen LogP contribution in [0.2, 0.25) is 20.1 Å². The van der Waals surface area contributed by atoms with Crippen LogP contribution in [0.1, 0.15) is 26.3 Å². The van der Waals surface area contributed by atoms with Gasteiger partial charge in [0, 0.05) is 4.47 Å². The van der Waals surface area contributed by atoms with E-state index in [9.17, 15) is 14.7 Å². The quantitative estimate of drug-likeness (QED) is 0.228. The SMILES string of the molecule is Cc1cc(N(O)O)cc(Br)c1NC(=O)c1c(Cl)c(Cl)c(Cl)c(Cl)c1C(=O)O. The molecule has 7 nitrogen and oxygen atoms in total. The van der Waals surface area contributed by atoms with Crippen molar-refractivity contribution in [3.05, 3.63) is 53.4 Å². The summed E-state index contributed by atoms with van der Waals surface area (Å²) in [7, 11) is 0. The van der Waals surface area contributed by atoms with Crippen molar-refractivity contribution in [2.24, 2.45) is 0 Å². The average molecular weight is 519 g/mol. The summed E-state index contributed by atoms with van der Waals surface area (Å²) in [5.41, 5.74) is -0.375. The molecule has 4 N–H and O–H groups in total. The highest BCUT2D eigenvalue weighted by Gasteiger charge is 2.29. The molecule has 0 aliphatic heterocycles. The van der Waals surface area contributed by atoms with E-state index in [2.05, 4.69) is 21.2 Å². The van der Waals surface area contributed by atoms with E-state index >= 15 is 0 Å². The summed E-state index contributed by atoms with van der Waals surface area (Å²) in [5, 5.41) is 28.7. The monoisotopic (exact) mass is 516 g/mol. The highest BCUT2D eigenvalue weighted by atomic mass is 79.9. The molecule has 0 heterocycles. The number of amides is 1. The summed E-state index contributed by atoms with van der Waals surface area (Å²) in [6, 6.07) is 2.67. The molecule has 2 aromatic carbocycles. The van der Waals surface area contributed by atoms with Crippen molar-refractivity contribution in [2.75, 3.05) is 10.5 Å². The van der Waals surface area contributed by atoms with Crippen molar-refractivity contribution in [1.29, 1.82) is 0 Å². The van der Waals surface area contributed by atoms with E-state index in [1.165, 1.54) is 12.1 Å². The molecule has 144 valence electrons. The van der Waals surface area contributed by atoms with Crippen molar-refractivity contribution in [1.82, 2.24) is 0 Å². The summed E-state index contributed by atoms with van der Waals surface area (Å²) in [6.07, 6.45) is 0. The third-order valence-electron chi connectivity index (χ3n) is 3.45. The predicted molar refractivity (Wildman–Crippen MR) is 106 cm³/mol. The van der Waals surface area contributed by atoms with E-state index in [1.807, 2.05) is 0 Å². The summed E-state index contributed by atoms with van der Waals surface area (Å²) in [5.74, 6) is -2.42. The zero-order valence-electron chi connectivity index (χ0n) is 13.1. The molecule has 0 aliphatic carbocycles. The predicted octanol–water partition coefficient (Wildman–Crippen LogP) is 5.91. The number of carbonyl (C=O) groups is 2. The number of aryl methyl sites for hydroxylation is 1. The largest absolute Gasteiger partial charge is 0.478 e. The zero-order valence-corrected chi connectivity index (χ0v) is 17.8. The van der Waals surface area contributed by atoms with Gasteiger partial charge in [-0.1, -0.05) is 46.4 Å². The molecule has 2 aromatic rings. The van der Waals surface area contributed by atoms with Crippen molar-refractivity contribution in [3.63, 3.8) is 0 Å². The smallest absolute Gasteiger partial charge is 0.338 e. The van der Waals surface area contributed by atoms with Crippen LogP contribution in [0.25, 0.3) is 0 Å². The van der Waals surface area contributed by atoms with Gasteiger partial charge >= 0.3 is 5.97 Å². The van der Waals surface area contributed by atoms with Gasteiger partial charge in [-0.25, -0.2) is 4.79 Å². The van der Waals surface area contributed by atoms with Gasteiger partial charge in [0.15, 0.2) is 0 Å². The van der Waals surface area contributed by atoms with E-state index in [0.29, 0.717) is 5.56 Å². The van der Waals surface area contributed by atoms with Crippen LogP contribution in [-0.2, 0) is 0 Å². The van der Waals surface area contributed by atoms with Gasteiger partial charge < -0.3 is 10.4 Å². The number of carbonyl (C=O) groups excluding carboxylic acids is 1. The number of aromatic carboxylic acids is 1. The van der Waals surface area contributed by atoms with Crippen molar-refractivity contribution < 1.29 is 25.1 Å². The lowest BCUT2D eigenvalue weighted by atomic mass is 10.1. The first kappa shape index (κ1) is 22.0. The number of hydrogen-bond donors (Lipinski definition) is 4. The van der Waals surface area contributed by atoms with E-state index < -0.39 is 28.0 Å². The van der Waals surface area contributed by atoms with Gasteiger partial charge in [0.1, 0.15) is 0 Å². The fourth-order valence-corrected chi connectivity index (χ4v) is 3.89. The summed E-state index contributed by atoms with van der Waals surface area (Å²) in [4.78, 5) is 24.3. The molecule has 0 aromatic heterocycles. The van der Waals surface area contributed by atoms with Crippen LogP contribution in [0.5, 0.6) is 0 Å². The molecule has 27 heavy (non-hydrogen) atoms. The van der Waals surface area contributed by atoms with Crippen LogP contribution in [0.3, 0.4) is 0 Å².